The number of hydrogen-bond donors (Lipinski definition) is 1. The van der Waals surface area contributed by atoms with Crippen LogP contribution in [0.25, 0.3) is 0 Å². The van der Waals surface area contributed by atoms with Gasteiger partial charge in [0.1, 0.15) is 11.3 Å². The van der Waals surface area contributed by atoms with E-state index in [1.807, 2.05) is 0 Å². The van der Waals surface area contributed by atoms with Crippen LogP contribution in [0, 0.1) is 0 Å². The monoisotopic (exact) mass is 313 g/mol. The van der Waals surface area contributed by atoms with Gasteiger partial charge in [-0.25, -0.2) is 9.78 Å². The number of amides is 1. The van der Waals surface area contributed by atoms with E-state index >= 15 is 0 Å². The number of anilines is 1. The van der Waals surface area contributed by atoms with Crippen molar-refractivity contribution < 1.29 is 14.3 Å². The van der Waals surface area contributed by atoms with Crippen LogP contribution >= 0.6 is 0 Å². The number of nitrogens with zero attached hydrogens (tertiary/aromatic N) is 2. The zero-order valence-corrected chi connectivity index (χ0v) is 13.4. The maximum Gasteiger partial charge on any atom is 0.412 e. The van der Waals surface area contributed by atoms with E-state index in [1.165, 1.54) is 18.6 Å². The molecule has 6 nitrogen and oxygen atoms in total. The molecule has 2 aromatic rings. The van der Waals surface area contributed by atoms with E-state index in [2.05, 4.69) is 15.3 Å². The number of benzene rings is 1. The van der Waals surface area contributed by atoms with Crippen molar-refractivity contribution in [2.24, 2.45) is 0 Å². The molecule has 0 aliphatic rings. The zero-order valence-electron chi connectivity index (χ0n) is 13.4. The van der Waals surface area contributed by atoms with Crippen LogP contribution in [-0.2, 0) is 11.2 Å². The molecule has 0 saturated heterocycles. The normalized spacial score (nSPS) is 10.9. The van der Waals surface area contributed by atoms with Crippen molar-refractivity contribution in [1.29, 1.82) is 0 Å². The predicted octanol–water partition coefficient (Wildman–Crippen LogP) is 3.25. The van der Waals surface area contributed by atoms with Gasteiger partial charge in [-0.2, -0.15) is 0 Å². The van der Waals surface area contributed by atoms with Gasteiger partial charge in [0.05, 0.1) is 6.20 Å². The summed E-state index contributed by atoms with van der Waals surface area (Å²) < 4.78 is 5.23. The zero-order chi connectivity index (χ0) is 16.9. The molecule has 0 atom stereocenters. The SMILES string of the molecule is CC(C)(C)OC(=O)Nc1ccccc1CC(=O)c1cnccn1. The number of ether oxygens (including phenoxy) is 1. The predicted molar refractivity (Wildman–Crippen MR) is 86.4 cm³/mol. The Hall–Kier alpha value is -2.76. The highest BCUT2D eigenvalue weighted by atomic mass is 16.6. The van der Waals surface area contributed by atoms with Gasteiger partial charge in [0.15, 0.2) is 5.78 Å². The molecule has 0 aliphatic heterocycles. The highest BCUT2D eigenvalue weighted by molar-refractivity contribution is 5.97. The molecule has 1 heterocycles. The first-order valence-electron chi connectivity index (χ1n) is 7.22. The fourth-order valence-electron chi connectivity index (χ4n) is 1.92. The van der Waals surface area contributed by atoms with Crippen molar-refractivity contribution in [2.75, 3.05) is 5.32 Å². The third-order valence-corrected chi connectivity index (χ3v) is 2.85. The van der Waals surface area contributed by atoms with Gasteiger partial charge >= 0.3 is 6.09 Å². The number of Topliss-reactive ketones (excluding diaryl/α,β-unsaturated/α-hetero) is 1. The minimum atomic E-state index is -0.589. The Balaban J connectivity index is 2.12. The van der Waals surface area contributed by atoms with Crippen LogP contribution in [0.2, 0.25) is 0 Å². The largest absolute Gasteiger partial charge is 0.444 e. The first kappa shape index (κ1) is 16.6. The Morgan fingerprint density at radius 3 is 2.57 bits per heavy atom. The van der Waals surface area contributed by atoms with E-state index in [9.17, 15) is 9.59 Å². The average molecular weight is 313 g/mol. The summed E-state index contributed by atoms with van der Waals surface area (Å²) in [5, 5.41) is 2.67. The van der Waals surface area contributed by atoms with E-state index in [0.717, 1.165) is 0 Å². The summed E-state index contributed by atoms with van der Waals surface area (Å²) >= 11 is 0. The molecule has 0 unspecified atom stereocenters. The molecule has 1 N–H and O–H groups in total. The summed E-state index contributed by atoms with van der Waals surface area (Å²) in [5.41, 5.74) is 0.932. The van der Waals surface area contributed by atoms with Crippen LogP contribution in [0.3, 0.4) is 0 Å². The van der Waals surface area contributed by atoms with Crippen molar-refractivity contribution in [3.05, 3.63) is 54.1 Å². The number of carbonyl (C=O) groups is 2. The minimum absolute atomic E-state index is 0.116. The molecular formula is C17H19N3O3. The summed E-state index contributed by atoms with van der Waals surface area (Å²) in [6, 6.07) is 7.09. The maximum atomic E-state index is 12.2. The molecule has 1 aromatic heterocycles. The third kappa shape index (κ3) is 5.18. The Kier molecular flexibility index (Phi) is 5.05. The van der Waals surface area contributed by atoms with Gasteiger partial charge in [-0.1, -0.05) is 18.2 Å². The summed E-state index contributed by atoms with van der Waals surface area (Å²) in [6.45, 7) is 5.36. The molecule has 1 amide bonds. The topological polar surface area (TPSA) is 81.2 Å². The van der Waals surface area contributed by atoms with Gasteiger partial charge in [-0.05, 0) is 32.4 Å². The van der Waals surface area contributed by atoms with Gasteiger partial charge in [0, 0.05) is 24.5 Å². The average Bonchev–Trinajstić information content (AvgIpc) is 2.48. The molecule has 0 spiro atoms. The van der Waals surface area contributed by atoms with Gasteiger partial charge in [0.2, 0.25) is 0 Å². The molecule has 1 aromatic carbocycles. The summed E-state index contributed by atoms with van der Waals surface area (Å²) in [4.78, 5) is 32.0. The number of carbonyl (C=O) groups excluding carboxylic acids is 2. The Morgan fingerprint density at radius 1 is 1.17 bits per heavy atom. The van der Waals surface area contributed by atoms with E-state index in [0.29, 0.717) is 16.9 Å². The molecule has 23 heavy (non-hydrogen) atoms. The number of hydrogen-bond acceptors (Lipinski definition) is 5. The lowest BCUT2D eigenvalue weighted by Gasteiger charge is -2.20. The molecule has 0 aliphatic carbocycles. The lowest BCUT2D eigenvalue weighted by molar-refractivity contribution is 0.0635. The maximum absolute atomic E-state index is 12.2. The van der Waals surface area contributed by atoms with Gasteiger partial charge < -0.3 is 4.74 Å². The lowest BCUT2D eigenvalue weighted by atomic mass is 10.1. The van der Waals surface area contributed by atoms with E-state index in [1.54, 1.807) is 45.0 Å². The van der Waals surface area contributed by atoms with Crippen molar-refractivity contribution in [3.63, 3.8) is 0 Å². The Bertz CT molecular complexity index is 694. The third-order valence-electron chi connectivity index (χ3n) is 2.85. The fourth-order valence-corrected chi connectivity index (χ4v) is 1.92. The first-order valence-corrected chi connectivity index (χ1v) is 7.22. The number of nitrogens with one attached hydrogen (secondary N) is 1. The number of para-hydroxylation sites is 1. The van der Waals surface area contributed by atoms with Crippen LogP contribution in [-0.4, -0.2) is 27.4 Å². The molecule has 2 rings (SSSR count). The van der Waals surface area contributed by atoms with Gasteiger partial charge in [0.25, 0.3) is 0 Å². The molecule has 6 heteroatoms. The van der Waals surface area contributed by atoms with Crippen LogP contribution in [0.5, 0.6) is 0 Å². The van der Waals surface area contributed by atoms with Crippen LogP contribution in [0.1, 0.15) is 36.8 Å². The smallest absolute Gasteiger partial charge is 0.412 e. The number of rotatable bonds is 4. The summed E-state index contributed by atoms with van der Waals surface area (Å²) in [5.74, 6) is -0.170. The summed E-state index contributed by atoms with van der Waals surface area (Å²) in [6.07, 6.45) is 3.96. The van der Waals surface area contributed by atoms with Gasteiger partial charge in [-0.15, -0.1) is 0 Å². The second-order valence-corrected chi connectivity index (χ2v) is 5.97. The van der Waals surface area contributed by atoms with Crippen molar-refractivity contribution in [1.82, 2.24) is 9.97 Å². The van der Waals surface area contributed by atoms with Crippen molar-refractivity contribution in [2.45, 2.75) is 32.8 Å². The molecule has 0 radical (unpaired) electrons. The second kappa shape index (κ2) is 7.00. The molecule has 120 valence electrons. The van der Waals surface area contributed by atoms with Crippen molar-refractivity contribution in [3.8, 4) is 0 Å². The van der Waals surface area contributed by atoms with Gasteiger partial charge in [-0.3, -0.25) is 15.1 Å². The highest BCUT2D eigenvalue weighted by Crippen LogP contribution is 2.18. The molecule has 0 bridgehead atoms. The first-order chi connectivity index (χ1) is 10.8. The molecular weight excluding hydrogens is 294 g/mol. The van der Waals surface area contributed by atoms with E-state index < -0.39 is 11.7 Å². The minimum Gasteiger partial charge on any atom is -0.444 e. The standard InChI is InChI=1S/C17H19N3O3/c1-17(2,3)23-16(22)20-13-7-5-4-6-12(13)10-15(21)14-11-18-8-9-19-14/h4-9,11H,10H2,1-3H3,(H,20,22). The van der Waals surface area contributed by atoms with Crippen LogP contribution in [0.15, 0.2) is 42.9 Å². The second-order valence-electron chi connectivity index (χ2n) is 5.97. The highest BCUT2D eigenvalue weighted by Gasteiger charge is 2.18. The molecule has 0 saturated carbocycles. The van der Waals surface area contributed by atoms with E-state index in [4.69, 9.17) is 4.74 Å². The Morgan fingerprint density at radius 2 is 1.91 bits per heavy atom. The van der Waals surface area contributed by atoms with Crippen LogP contribution < -0.4 is 5.32 Å². The van der Waals surface area contributed by atoms with Crippen LogP contribution in [0.4, 0.5) is 10.5 Å². The van der Waals surface area contributed by atoms with Crippen molar-refractivity contribution >= 4 is 17.6 Å². The lowest BCUT2D eigenvalue weighted by Crippen LogP contribution is -2.27. The molecule has 0 fully saturated rings. The number of aromatic nitrogens is 2. The van der Waals surface area contributed by atoms with E-state index in [-0.39, 0.29) is 12.2 Å². The fraction of sp³-hybridized carbons (Fsp3) is 0.294. The Labute approximate surface area is 134 Å². The summed E-state index contributed by atoms with van der Waals surface area (Å²) in [7, 11) is 0. The number of ketones is 1. The quantitative estimate of drug-likeness (QED) is 0.876.